The van der Waals surface area contributed by atoms with Crippen LogP contribution in [-0.2, 0) is 0 Å². The molecule has 0 saturated heterocycles. The molecule has 0 aromatic carbocycles. The molecule has 0 unspecified atom stereocenters. The summed E-state index contributed by atoms with van der Waals surface area (Å²) in [6.07, 6.45) is 13.4. The number of hydrogen-bond acceptors (Lipinski definition) is 0. The molecule has 2 rings (SSSR count). The standard InChI is InChI=1S/C11H12/c1-2-4-9-7-8-10-5-3-6-11(9)10/h3,5-8H,2,4H2,1H3. The molecule has 0 aromatic heterocycles. The second-order valence-corrected chi connectivity index (χ2v) is 3.00. The minimum atomic E-state index is 1.22. The zero-order valence-electron chi connectivity index (χ0n) is 6.80. The second-order valence-electron chi connectivity index (χ2n) is 3.00. The van der Waals surface area contributed by atoms with Gasteiger partial charge in [-0.3, -0.25) is 0 Å². The van der Waals surface area contributed by atoms with E-state index in [2.05, 4.69) is 37.3 Å². The van der Waals surface area contributed by atoms with Gasteiger partial charge in [0.2, 0.25) is 0 Å². The van der Waals surface area contributed by atoms with Gasteiger partial charge in [0.05, 0.1) is 0 Å². The van der Waals surface area contributed by atoms with Crippen molar-refractivity contribution in [3.63, 3.8) is 0 Å². The van der Waals surface area contributed by atoms with E-state index in [9.17, 15) is 0 Å². The van der Waals surface area contributed by atoms with Crippen LogP contribution in [0, 0.1) is 0 Å². The van der Waals surface area contributed by atoms with Gasteiger partial charge in [-0.25, -0.2) is 0 Å². The molecule has 56 valence electrons. The van der Waals surface area contributed by atoms with Gasteiger partial charge in [-0.2, -0.15) is 0 Å². The van der Waals surface area contributed by atoms with Crippen molar-refractivity contribution in [2.75, 3.05) is 0 Å². The van der Waals surface area contributed by atoms with Gasteiger partial charge in [-0.15, -0.1) is 0 Å². The molecular formula is C11H12. The van der Waals surface area contributed by atoms with E-state index in [1.165, 1.54) is 29.6 Å². The molecule has 0 bridgehead atoms. The zero-order chi connectivity index (χ0) is 7.68. The van der Waals surface area contributed by atoms with E-state index >= 15 is 0 Å². The van der Waals surface area contributed by atoms with Gasteiger partial charge in [0.15, 0.2) is 0 Å². The van der Waals surface area contributed by atoms with E-state index in [-0.39, 0.29) is 0 Å². The molecule has 0 fully saturated rings. The van der Waals surface area contributed by atoms with Gasteiger partial charge in [-0.05, 0) is 23.1 Å². The molecule has 0 aliphatic heterocycles. The third-order valence-corrected chi connectivity index (χ3v) is 2.18. The van der Waals surface area contributed by atoms with E-state index in [4.69, 9.17) is 0 Å². The maximum atomic E-state index is 2.24. The van der Waals surface area contributed by atoms with Crippen LogP contribution in [0.25, 0.3) is 0 Å². The van der Waals surface area contributed by atoms with Crippen LogP contribution in [0.4, 0.5) is 0 Å². The maximum Gasteiger partial charge on any atom is -0.0152 e. The molecule has 0 atom stereocenters. The Labute approximate surface area is 67.6 Å². The lowest BCUT2D eigenvalue weighted by Gasteiger charge is -2.01. The monoisotopic (exact) mass is 144 g/mol. The predicted molar refractivity (Wildman–Crippen MR) is 48.3 cm³/mol. The fraction of sp³-hybridized carbons (Fsp3) is 0.273. The van der Waals surface area contributed by atoms with Gasteiger partial charge in [0.1, 0.15) is 0 Å². The zero-order valence-corrected chi connectivity index (χ0v) is 6.80. The first-order valence-electron chi connectivity index (χ1n) is 4.22. The number of fused-ring (bicyclic) bond motifs is 1. The Bertz CT molecular complexity index is 285. The lowest BCUT2D eigenvalue weighted by molar-refractivity contribution is 0.920. The van der Waals surface area contributed by atoms with Crippen LogP contribution in [0.5, 0.6) is 0 Å². The van der Waals surface area contributed by atoms with Gasteiger partial charge in [-0.1, -0.05) is 43.7 Å². The second kappa shape index (κ2) is 2.54. The summed E-state index contributed by atoms with van der Waals surface area (Å²) in [4.78, 5) is 0. The highest BCUT2D eigenvalue weighted by Crippen LogP contribution is 2.33. The maximum absolute atomic E-state index is 2.24. The third-order valence-electron chi connectivity index (χ3n) is 2.18. The minimum Gasteiger partial charge on any atom is -0.0651 e. The van der Waals surface area contributed by atoms with Crippen molar-refractivity contribution in [2.24, 2.45) is 0 Å². The third kappa shape index (κ3) is 0.988. The first kappa shape index (κ1) is 6.66. The lowest BCUT2D eigenvalue weighted by atomic mass is 10.0. The topological polar surface area (TPSA) is 0 Å². The summed E-state index contributed by atoms with van der Waals surface area (Å²) in [5.74, 6) is 0. The molecule has 2 aliphatic carbocycles. The Morgan fingerprint density at radius 2 is 2.09 bits per heavy atom. The van der Waals surface area contributed by atoms with Gasteiger partial charge >= 0.3 is 0 Å². The summed E-state index contributed by atoms with van der Waals surface area (Å²) in [6.45, 7) is 2.22. The highest BCUT2D eigenvalue weighted by molar-refractivity contribution is 5.63. The summed E-state index contributed by atoms with van der Waals surface area (Å²) >= 11 is 0. The average molecular weight is 144 g/mol. The molecule has 0 aromatic rings. The summed E-state index contributed by atoms with van der Waals surface area (Å²) in [5, 5.41) is 0. The van der Waals surface area contributed by atoms with Crippen LogP contribution in [0.2, 0.25) is 0 Å². The van der Waals surface area contributed by atoms with Gasteiger partial charge < -0.3 is 0 Å². The Morgan fingerprint density at radius 3 is 2.91 bits per heavy atom. The highest BCUT2D eigenvalue weighted by Gasteiger charge is 2.14. The van der Waals surface area contributed by atoms with Crippen LogP contribution >= 0.6 is 0 Å². The first-order valence-corrected chi connectivity index (χ1v) is 4.22. The quantitative estimate of drug-likeness (QED) is 0.558. The van der Waals surface area contributed by atoms with E-state index in [1.54, 1.807) is 0 Å². The molecule has 0 spiro atoms. The number of rotatable bonds is 2. The first-order chi connectivity index (χ1) is 5.42. The number of hydrogen-bond donors (Lipinski definition) is 0. The van der Waals surface area contributed by atoms with Crippen LogP contribution in [0.3, 0.4) is 0 Å². The van der Waals surface area contributed by atoms with E-state index in [1.807, 2.05) is 0 Å². The molecule has 2 aliphatic rings. The molecule has 0 heterocycles. The van der Waals surface area contributed by atoms with Crippen molar-refractivity contribution < 1.29 is 0 Å². The molecule has 11 heavy (non-hydrogen) atoms. The number of allylic oxidation sites excluding steroid dienone is 8. The molecule has 0 radical (unpaired) electrons. The smallest absolute Gasteiger partial charge is 0.0152 e. The van der Waals surface area contributed by atoms with Crippen molar-refractivity contribution in [2.45, 2.75) is 19.8 Å². The molecular weight excluding hydrogens is 132 g/mol. The van der Waals surface area contributed by atoms with Crippen LogP contribution in [-0.4, -0.2) is 0 Å². The predicted octanol–water partition coefficient (Wildman–Crippen LogP) is 3.15. The van der Waals surface area contributed by atoms with Crippen molar-refractivity contribution in [3.05, 3.63) is 47.1 Å². The van der Waals surface area contributed by atoms with E-state index in [0.29, 0.717) is 0 Å². The van der Waals surface area contributed by atoms with E-state index in [0.717, 1.165) is 0 Å². The fourth-order valence-corrected chi connectivity index (χ4v) is 1.64. The average Bonchev–Trinajstić information content (AvgIpc) is 2.53. The lowest BCUT2D eigenvalue weighted by Crippen LogP contribution is -1.83. The Hall–Kier alpha value is -1.04. The molecule has 0 saturated carbocycles. The fourth-order valence-electron chi connectivity index (χ4n) is 1.64. The largest absolute Gasteiger partial charge is 0.0651 e. The summed E-state index contributed by atoms with van der Waals surface area (Å²) in [5.41, 5.74) is 4.35. The van der Waals surface area contributed by atoms with Gasteiger partial charge in [0, 0.05) is 0 Å². The SMILES string of the molecule is CCCC1=CC=C2C=CC=C21. The molecule has 0 N–H and O–H groups in total. The Morgan fingerprint density at radius 1 is 1.18 bits per heavy atom. The highest BCUT2D eigenvalue weighted by atomic mass is 14.2. The van der Waals surface area contributed by atoms with Gasteiger partial charge in [0.25, 0.3) is 0 Å². The van der Waals surface area contributed by atoms with Crippen molar-refractivity contribution in [1.29, 1.82) is 0 Å². The van der Waals surface area contributed by atoms with E-state index < -0.39 is 0 Å². The Balaban J connectivity index is 2.20. The van der Waals surface area contributed by atoms with Crippen LogP contribution in [0.1, 0.15) is 19.8 Å². The Kier molecular flexibility index (Phi) is 1.54. The van der Waals surface area contributed by atoms with Crippen LogP contribution in [0.15, 0.2) is 47.1 Å². The summed E-state index contributed by atoms with van der Waals surface area (Å²) in [6, 6.07) is 0. The van der Waals surface area contributed by atoms with Crippen LogP contribution < -0.4 is 0 Å². The summed E-state index contributed by atoms with van der Waals surface area (Å²) < 4.78 is 0. The molecule has 0 nitrogen and oxygen atoms in total. The van der Waals surface area contributed by atoms with Crippen molar-refractivity contribution in [3.8, 4) is 0 Å². The normalized spacial score (nSPS) is 19.5. The molecule has 0 amide bonds. The van der Waals surface area contributed by atoms with Crippen molar-refractivity contribution >= 4 is 0 Å². The minimum absolute atomic E-state index is 1.22. The molecule has 0 heteroatoms. The summed E-state index contributed by atoms with van der Waals surface area (Å²) in [7, 11) is 0. The van der Waals surface area contributed by atoms with Crippen molar-refractivity contribution in [1.82, 2.24) is 0 Å².